The molecule has 0 aliphatic carbocycles. The molecule has 0 amide bonds. The van der Waals surface area contributed by atoms with Crippen LogP contribution in [0, 0.1) is 5.92 Å². The van der Waals surface area contributed by atoms with Crippen molar-refractivity contribution in [3.8, 4) is 0 Å². The van der Waals surface area contributed by atoms with E-state index in [2.05, 4.69) is 35.2 Å². The number of hydrogen-bond acceptors (Lipinski definition) is 2. The van der Waals surface area contributed by atoms with Crippen LogP contribution in [0.2, 0.25) is 0 Å². The van der Waals surface area contributed by atoms with E-state index in [1.165, 1.54) is 5.56 Å². The van der Waals surface area contributed by atoms with Gasteiger partial charge in [-0.25, -0.2) is 0 Å². The molecule has 2 heteroatoms. The van der Waals surface area contributed by atoms with Gasteiger partial charge in [0.15, 0.2) is 0 Å². The number of aliphatic hydroxyl groups is 1. The van der Waals surface area contributed by atoms with Gasteiger partial charge in [-0.2, -0.15) is 0 Å². The third-order valence-electron chi connectivity index (χ3n) is 3.56. The molecule has 1 aliphatic rings. The van der Waals surface area contributed by atoms with Crippen LogP contribution in [0.25, 0.3) is 0 Å². The van der Waals surface area contributed by atoms with Crippen molar-refractivity contribution in [1.29, 1.82) is 0 Å². The zero-order valence-electron chi connectivity index (χ0n) is 9.97. The van der Waals surface area contributed by atoms with Crippen molar-refractivity contribution in [1.82, 2.24) is 4.90 Å². The molecule has 1 aromatic rings. The van der Waals surface area contributed by atoms with Crippen molar-refractivity contribution in [2.75, 3.05) is 13.1 Å². The molecule has 0 radical (unpaired) electrons. The minimum absolute atomic E-state index is 0.140. The van der Waals surface area contributed by atoms with Gasteiger partial charge in [0.25, 0.3) is 0 Å². The largest absolute Gasteiger partial charge is 0.393 e. The van der Waals surface area contributed by atoms with E-state index in [4.69, 9.17) is 0 Å². The van der Waals surface area contributed by atoms with E-state index in [0.717, 1.165) is 32.5 Å². The van der Waals surface area contributed by atoms with Crippen LogP contribution in [0.15, 0.2) is 30.3 Å². The lowest BCUT2D eigenvalue weighted by molar-refractivity contribution is 0.0695. The number of benzene rings is 1. The average molecular weight is 219 g/mol. The van der Waals surface area contributed by atoms with Crippen LogP contribution < -0.4 is 0 Å². The van der Waals surface area contributed by atoms with Crippen LogP contribution in [-0.2, 0) is 6.54 Å². The van der Waals surface area contributed by atoms with Gasteiger partial charge in [-0.05, 0) is 44.3 Å². The van der Waals surface area contributed by atoms with Crippen LogP contribution in [0.1, 0.15) is 25.3 Å². The first kappa shape index (κ1) is 11.6. The van der Waals surface area contributed by atoms with Crippen molar-refractivity contribution in [3.05, 3.63) is 35.9 Å². The van der Waals surface area contributed by atoms with Crippen LogP contribution in [0.3, 0.4) is 0 Å². The van der Waals surface area contributed by atoms with E-state index in [-0.39, 0.29) is 6.10 Å². The summed E-state index contributed by atoms with van der Waals surface area (Å²) in [5.41, 5.74) is 1.39. The summed E-state index contributed by atoms with van der Waals surface area (Å²) in [6, 6.07) is 10.6. The molecule has 88 valence electrons. The topological polar surface area (TPSA) is 23.5 Å². The van der Waals surface area contributed by atoms with Gasteiger partial charge in [-0.1, -0.05) is 30.3 Å². The Hall–Kier alpha value is -0.860. The van der Waals surface area contributed by atoms with E-state index >= 15 is 0 Å². The molecule has 2 nitrogen and oxygen atoms in total. The molecule has 0 bridgehead atoms. The number of nitrogens with zero attached hydrogens (tertiary/aromatic N) is 1. The third kappa shape index (κ3) is 3.06. The summed E-state index contributed by atoms with van der Waals surface area (Å²) in [7, 11) is 0. The summed E-state index contributed by atoms with van der Waals surface area (Å²) in [4.78, 5) is 2.48. The zero-order valence-corrected chi connectivity index (χ0v) is 9.97. The fourth-order valence-electron chi connectivity index (χ4n) is 2.44. The maximum Gasteiger partial charge on any atom is 0.0541 e. The second-order valence-corrected chi connectivity index (χ2v) is 4.84. The molecule has 1 aromatic carbocycles. The van der Waals surface area contributed by atoms with Crippen LogP contribution >= 0.6 is 0 Å². The molecule has 0 saturated carbocycles. The van der Waals surface area contributed by atoms with E-state index < -0.39 is 0 Å². The second kappa shape index (κ2) is 5.46. The summed E-state index contributed by atoms with van der Waals surface area (Å²) in [5.74, 6) is 0.507. The summed E-state index contributed by atoms with van der Waals surface area (Å²) >= 11 is 0. The lowest BCUT2D eigenvalue weighted by atomic mass is 9.92. The molecule has 1 unspecified atom stereocenters. The van der Waals surface area contributed by atoms with Crippen molar-refractivity contribution in [2.45, 2.75) is 32.4 Å². The first-order valence-electron chi connectivity index (χ1n) is 6.20. The Bertz CT molecular complexity index is 302. The molecule has 2 rings (SSSR count). The predicted octanol–water partition coefficient (Wildman–Crippen LogP) is 2.28. The van der Waals surface area contributed by atoms with E-state index in [0.29, 0.717) is 5.92 Å². The van der Waals surface area contributed by atoms with Crippen LogP contribution in [0.4, 0.5) is 0 Å². The average Bonchev–Trinajstić information content (AvgIpc) is 2.31. The Morgan fingerprint density at radius 2 is 1.88 bits per heavy atom. The molecule has 0 aromatic heterocycles. The SMILES string of the molecule is CC(O)C1CCN(Cc2ccccc2)CC1. The van der Waals surface area contributed by atoms with Crippen molar-refractivity contribution < 1.29 is 5.11 Å². The molecule has 1 N–H and O–H groups in total. The second-order valence-electron chi connectivity index (χ2n) is 4.84. The molecule has 16 heavy (non-hydrogen) atoms. The summed E-state index contributed by atoms with van der Waals surface area (Å²) in [6.07, 6.45) is 2.12. The zero-order chi connectivity index (χ0) is 11.4. The molecular formula is C14H21NO. The van der Waals surface area contributed by atoms with Gasteiger partial charge in [0.05, 0.1) is 6.10 Å². The van der Waals surface area contributed by atoms with E-state index in [1.807, 2.05) is 6.92 Å². The number of hydrogen-bond donors (Lipinski definition) is 1. The van der Waals surface area contributed by atoms with Crippen molar-refractivity contribution in [2.24, 2.45) is 5.92 Å². The fraction of sp³-hybridized carbons (Fsp3) is 0.571. The molecule has 1 fully saturated rings. The standard InChI is InChI=1S/C14H21NO/c1-12(16)14-7-9-15(10-8-14)11-13-5-3-2-4-6-13/h2-6,12,14,16H,7-11H2,1H3. The fourth-order valence-corrected chi connectivity index (χ4v) is 2.44. The highest BCUT2D eigenvalue weighted by molar-refractivity contribution is 5.14. The van der Waals surface area contributed by atoms with E-state index in [9.17, 15) is 5.11 Å². The summed E-state index contributed by atoms with van der Waals surface area (Å²) in [5, 5.41) is 9.53. The normalized spacial score (nSPS) is 20.9. The van der Waals surface area contributed by atoms with Crippen LogP contribution in [0.5, 0.6) is 0 Å². The molecule has 1 heterocycles. The van der Waals surface area contributed by atoms with Gasteiger partial charge in [-0.3, -0.25) is 4.90 Å². The highest BCUT2D eigenvalue weighted by atomic mass is 16.3. The minimum Gasteiger partial charge on any atom is -0.393 e. The number of aliphatic hydroxyl groups excluding tert-OH is 1. The first-order valence-corrected chi connectivity index (χ1v) is 6.20. The maximum atomic E-state index is 9.53. The number of piperidine rings is 1. The quantitative estimate of drug-likeness (QED) is 0.843. The van der Waals surface area contributed by atoms with Crippen LogP contribution in [-0.4, -0.2) is 29.2 Å². The number of likely N-dealkylation sites (tertiary alicyclic amines) is 1. The highest BCUT2D eigenvalue weighted by Crippen LogP contribution is 2.21. The van der Waals surface area contributed by atoms with Gasteiger partial charge in [0.1, 0.15) is 0 Å². The summed E-state index contributed by atoms with van der Waals surface area (Å²) in [6.45, 7) is 5.19. The Labute approximate surface area is 97.9 Å². The van der Waals surface area contributed by atoms with Crippen molar-refractivity contribution in [3.63, 3.8) is 0 Å². The highest BCUT2D eigenvalue weighted by Gasteiger charge is 2.22. The number of rotatable bonds is 3. The van der Waals surface area contributed by atoms with Crippen molar-refractivity contribution >= 4 is 0 Å². The lowest BCUT2D eigenvalue weighted by Crippen LogP contribution is -2.36. The van der Waals surface area contributed by atoms with Gasteiger partial charge >= 0.3 is 0 Å². The smallest absolute Gasteiger partial charge is 0.0541 e. The van der Waals surface area contributed by atoms with Gasteiger partial charge in [0.2, 0.25) is 0 Å². The Morgan fingerprint density at radius 3 is 2.44 bits per heavy atom. The van der Waals surface area contributed by atoms with Gasteiger partial charge in [-0.15, -0.1) is 0 Å². The first-order chi connectivity index (χ1) is 7.75. The third-order valence-corrected chi connectivity index (χ3v) is 3.56. The Kier molecular flexibility index (Phi) is 3.97. The van der Waals surface area contributed by atoms with Gasteiger partial charge < -0.3 is 5.11 Å². The monoisotopic (exact) mass is 219 g/mol. The predicted molar refractivity (Wildman–Crippen MR) is 66.1 cm³/mol. The summed E-state index contributed by atoms with van der Waals surface area (Å²) < 4.78 is 0. The van der Waals surface area contributed by atoms with E-state index in [1.54, 1.807) is 0 Å². The van der Waals surface area contributed by atoms with Gasteiger partial charge in [0, 0.05) is 6.54 Å². The molecule has 1 saturated heterocycles. The Balaban J connectivity index is 1.82. The maximum absolute atomic E-state index is 9.53. The molecule has 0 spiro atoms. The molecule has 1 aliphatic heterocycles. The molecule has 1 atom stereocenters. The minimum atomic E-state index is -0.140. The molecular weight excluding hydrogens is 198 g/mol. The lowest BCUT2D eigenvalue weighted by Gasteiger charge is -2.33. The Morgan fingerprint density at radius 1 is 1.25 bits per heavy atom.